The van der Waals surface area contributed by atoms with Crippen molar-refractivity contribution < 1.29 is 9.47 Å². The lowest BCUT2D eigenvalue weighted by molar-refractivity contribution is 0.354. The minimum absolute atomic E-state index is 0.763. The summed E-state index contributed by atoms with van der Waals surface area (Å²) < 4.78 is 12.5. The lowest BCUT2D eigenvalue weighted by Crippen LogP contribution is -2.17. The van der Waals surface area contributed by atoms with Crippen LogP contribution < -0.4 is 14.8 Å². The molecule has 0 bridgehead atoms. The maximum Gasteiger partial charge on any atom is 0.160 e. The summed E-state index contributed by atoms with van der Waals surface area (Å²) in [6, 6.07) is 8.07. The van der Waals surface area contributed by atoms with Crippen LogP contribution in [0, 0.1) is 0 Å². The average Bonchev–Trinajstić information content (AvgIpc) is 2.99. The number of aryl methyl sites for hydroxylation is 1. The first kappa shape index (κ1) is 15.4. The van der Waals surface area contributed by atoms with E-state index in [4.69, 9.17) is 9.47 Å². The molecule has 114 valence electrons. The van der Waals surface area contributed by atoms with Crippen molar-refractivity contribution in [3.05, 3.63) is 41.7 Å². The second-order valence-corrected chi connectivity index (χ2v) is 4.78. The highest BCUT2D eigenvalue weighted by Gasteiger charge is 2.04. The van der Waals surface area contributed by atoms with Crippen LogP contribution in [0.15, 0.2) is 30.5 Å². The highest BCUT2D eigenvalue weighted by atomic mass is 16.5. The Labute approximate surface area is 125 Å². The molecule has 0 saturated heterocycles. The third-order valence-electron chi connectivity index (χ3n) is 3.36. The van der Waals surface area contributed by atoms with Crippen molar-refractivity contribution in [3.8, 4) is 11.5 Å². The van der Waals surface area contributed by atoms with Crippen LogP contribution in [0.2, 0.25) is 0 Å². The maximum atomic E-state index is 5.31. The van der Waals surface area contributed by atoms with Crippen molar-refractivity contribution in [3.63, 3.8) is 0 Å². The summed E-state index contributed by atoms with van der Waals surface area (Å²) in [5, 5.41) is 7.85. The summed E-state index contributed by atoms with van der Waals surface area (Å²) >= 11 is 0. The predicted octanol–water partition coefficient (Wildman–Crippen LogP) is 2.25. The second kappa shape index (κ2) is 7.69. The topological polar surface area (TPSA) is 48.3 Å². The molecule has 1 aromatic heterocycles. The molecule has 1 aromatic carbocycles. The smallest absolute Gasteiger partial charge is 0.160 e. The molecule has 2 aromatic rings. The largest absolute Gasteiger partial charge is 0.493 e. The van der Waals surface area contributed by atoms with Crippen LogP contribution in [0.3, 0.4) is 0 Å². The fourth-order valence-electron chi connectivity index (χ4n) is 2.16. The van der Waals surface area contributed by atoms with E-state index in [1.54, 1.807) is 14.2 Å². The monoisotopic (exact) mass is 289 g/mol. The van der Waals surface area contributed by atoms with Crippen molar-refractivity contribution in [1.29, 1.82) is 0 Å². The summed E-state index contributed by atoms with van der Waals surface area (Å²) in [4.78, 5) is 0. The van der Waals surface area contributed by atoms with E-state index < -0.39 is 0 Å². The molecule has 0 radical (unpaired) electrons. The number of nitrogens with one attached hydrogen (secondary N) is 1. The van der Waals surface area contributed by atoms with Gasteiger partial charge in [0, 0.05) is 19.3 Å². The van der Waals surface area contributed by atoms with Crippen LogP contribution in [0.4, 0.5) is 0 Å². The third kappa shape index (κ3) is 4.23. The molecule has 0 unspecified atom stereocenters. The Bertz CT molecular complexity index is 566. The number of ether oxygens (including phenoxy) is 2. The summed E-state index contributed by atoms with van der Waals surface area (Å²) in [6.45, 7) is 4.68. The minimum atomic E-state index is 0.763. The number of benzene rings is 1. The Kier molecular flexibility index (Phi) is 5.63. The molecule has 0 amide bonds. The van der Waals surface area contributed by atoms with Crippen LogP contribution in [0.25, 0.3) is 0 Å². The van der Waals surface area contributed by atoms with Crippen molar-refractivity contribution in [2.45, 2.75) is 26.4 Å². The number of hydrogen-bond acceptors (Lipinski definition) is 4. The van der Waals surface area contributed by atoms with Gasteiger partial charge in [-0.25, -0.2) is 0 Å². The first-order chi connectivity index (χ1) is 10.3. The lowest BCUT2D eigenvalue weighted by Gasteiger charge is -2.09. The summed E-state index contributed by atoms with van der Waals surface area (Å²) in [6.07, 6.45) is 2.94. The van der Waals surface area contributed by atoms with E-state index in [1.807, 2.05) is 29.1 Å². The number of aromatic nitrogens is 2. The van der Waals surface area contributed by atoms with Crippen LogP contribution in [-0.4, -0.2) is 30.5 Å². The van der Waals surface area contributed by atoms with E-state index in [1.165, 1.54) is 5.56 Å². The minimum Gasteiger partial charge on any atom is -0.493 e. The number of methoxy groups -OCH3 is 2. The molecule has 5 nitrogen and oxygen atoms in total. The molecule has 5 heteroatoms. The Balaban J connectivity index is 1.80. The highest BCUT2D eigenvalue weighted by Crippen LogP contribution is 2.27. The molecular formula is C16H23N3O2. The normalized spacial score (nSPS) is 10.6. The molecule has 0 fully saturated rings. The van der Waals surface area contributed by atoms with Gasteiger partial charge < -0.3 is 14.8 Å². The number of nitrogens with zero attached hydrogens (tertiary/aromatic N) is 2. The molecule has 2 rings (SSSR count). The fraction of sp³-hybridized carbons (Fsp3) is 0.438. The van der Waals surface area contributed by atoms with Crippen molar-refractivity contribution in [2.75, 3.05) is 20.8 Å². The van der Waals surface area contributed by atoms with Crippen LogP contribution >= 0.6 is 0 Å². The SMILES string of the molecule is CCn1ccc(CNCCc2ccc(OC)c(OC)c2)n1. The molecule has 21 heavy (non-hydrogen) atoms. The highest BCUT2D eigenvalue weighted by molar-refractivity contribution is 5.42. The second-order valence-electron chi connectivity index (χ2n) is 4.78. The summed E-state index contributed by atoms with van der Waals surface area (Å²) in [5.74, 6) is 1.54. The van der Waals surface area contributed by atoms with Crippen molar-refractivity contribution in [1.82, 2.24) is 15.1 Å². The van der Waals surface area contributed by atoms with Crippen LogP contribution in [0.1, 0.15) is 18.2 Å². The van der Waals surface area contributed by atoms with Gasteiger partial charge in [0.2, 0.25) is 0 Å². The average molecular weight is 289 g/mol. The van der Waals surface area contributed by atoms with E-state index >= 15 is 0 Å². The standard InChI is InChI=1S/C16H23N3O2/c1-4-19-10-8-14(18-19)12-17-9-7-13-5-6-15(20-2)16(11-13)21-3/h5-6,8,10-11,17H,4,7,9,12H2,1-3H3. The van der Waals surface area contributed by atoms with Gasteiger partial charge in [0.05, 0.1) is 19.9 Å². The van der Waals surface area contributed by atoms with E-state index in [2.05, 4.69) is 23.4 Å². The van der Waals surface area contributed by atoms with E-state index in [0.717, 1.165) is 43.2 Å². The summed E-state index contributed by atoms with van der Waals surface area (Å²) in [7, 11) is 3.30. The fourth-order valence-corrected chi connectivity index (χ4v) is 2.16. The zero-order valence-electron chi connectivity index (χ0n) is 12.9. The molecular weight excluding hydrogens is 266 g/mol. The van der Waals surface area contributed by atoms with Gasteiger partial charge in [-0.1, -0.05) is 6.07 Å². The number of hydrogen-bond donors (Lipinski definition) is 1. The predicted molar refractivity (Wildman–Crippen MR) is 82.9 cm³/mol. The van der Waals surface area contributed by atoms with E-state index in [0.29, 0.717) is 0 Å². The van der Waals surface area contributed by atoms with Crippen LogP contribution in [-0.2, 0) is 19.5 Å². The maximum absolute atomic E-state index is 5.31. The van der Waals surface area contributed by atoms with Gasteiger partial charge >= 0.3 is 0 Å². The number of rotatable bonds is 8. The molecule has 0 aliphatic rings. The molecule has 0 atom stereocenters. The van der Waals surface area contributed by atoms with Gasteiger partial charge in [0.25, 0.3) is 0 Å². The molecule has 1 N–H and O–H groups in total. The van der Waals surface area contributed by atoms with E-state index in [9.17, 15) is 0 Å². The van der Waals surface area contributed by atoms with E-state index in [-0.39, 0.29) is 0 Å². The molecule has 0 spiro atoms. The summed E-state index contributed by atoms with van der Waals surface area (Å²) in [5.41, 5.74) is 2.29. The molecule has 0 saturated carbocycles. The Morgan fingerprint density at radius 2 is 1.95 bits per heavy atom. The van der Waals surface area contributed by atoms with Gasteiger partial charge in [-0.15, -0.1) is 0 Å². The quantitative estimate of drug-likeness (QED) is 0.757. The Morgan fingerprint density at radius 3 is 2.62 bits per heavy atom. The van der Waals surface area contributed by atoms with Gasteiger partial charge in [0.1, 0.15) is 0 Å². The van der Waals surface area contributed by atoms with Gasteiger partial charge in [-0.05, 0) is 43.7 Å². The Morgan fingerprint density at radius 1 is 1.14 bits per heavy atom. The molecule has 0 aliphatic carbocycles. The van der Waals surface area contributed by atoms with Gasteiger partial charge in [-0.3, -0.25) is 4.68 Å². The zero-order valence-corrected chi connectivity index (χ0v) is 12.9. The van der Waals surface area contributed by atoms with Gasteiger partial charge in [0.15, 0.2) is 11.5 Å². The zero-order chi connectivity index (χ0) is 15.1. The molecule has 0 aliphatic heterocycles. The molecule has 1 heterocycles. The van der Waals surface area contributed by atoms with Crippen molar-refractivity contribution >= 4 is 0 Å². The lowest BCUT2D eigenvalue weighted by atomic mass is 10.1. The van der Waals surface area contributed by atoms with Gasteiger partial charge in [-0.2, -0.15) is 5.10 Å². The third-order valence-corrected chi connectivity index (χ3v) is 3.36. The first-order valence-electron chi connectivity index (χ1n) is 7.20. The van der Waals surface area contributed by atoms with Crippen molar-refractivity contribution in [2.24, 2.45) is 0 Å². The van der Waals surface area contributed by atoms with Crippen LogP contribution in [0.5, 0.6) is 11.5 Å². The Hall–Kier alpha value is -2.01. The first-order valence-corrected chi connectivity index (χ1v) is 7.20.